The van der Waals surface area contributed by atoms with Crippen molar-refractivity contribution in [2.24, 2.45) is 0 Å². The molecule has 6 nitrogen and oxygen atoms in total. The van der Waals surface area contributed by atoms with Crippen LogP contribution in [0.15, 0.2) is 85.5 Å². The normalized spacial score (nSPS) is 11.8. The Labute approximate surface area is 150 Å². The Morgan fingerprint density at radius 2 is 1.92 bits per heavy atom. The number of hydrogen-bond acceptors (Lipinski definition) is 3. The minimum Gasteiger partial charge on any atom is -0.345 e. The van der Waals surface area contributed by atoms with E-state index >= 15 is 0 Å². The Kier molecular flexibility index (Phi) is 4.30. The molecule has 1 amide bonds. The number of nitrogens with one attached hydrogen (secondary N) is 2. The summed E-state index contributed by atoms with van der Waals surface area (Å²) in [5.74, 6) is 0.601. The third-order valence-electron chi connectivity index (χ3n) is 4.05. The molecule has 26 heavy (non-hydrogen) atoms. The van der Waals surface area contributed by atoms with Crippen LogP contribution >= 0.6 is 0 Å². The molecule has 1 unspecified atom stereocenters. The number of H-pyrrole nitrogens is 1. The van der Waals surface area contributed by atoms with Crippen molar-refractivity contribution < 1.29 is 4.79 Å². The van der Waals surface area contributed by atoms with Crippen LogP contribution in [-0.2, 0) is 4.79 Å². The zero-order valence-corrected chi connectivity index (χ0v) is 13.9. The number of imidazole rings is 1. The van der Waals surface area contributed by atoms with Gasteiger partial charge in [0.05, 0.1) is 0 Å². The fourth-order valence-corrected chi connectivity index (χ4v) is 2.87. The van der Waals surface area contributed by atoms with E-state index in [0.29, 0.717) is 5.69 Å². The lowest BCUT2D eigenvalue weighted by atomic mass is 10.1. The molecule has 0 aliphatic heterocycles. The molecule has 4 aromatic rings. The van der Waals surface area contributed by atoms with Gasteiger partial charge in [-0.25, -0.2) is 4.98 Å². The Hall–Kier alpha value is -3.67. The van der Waals surface area contributed by atoms with Crippen LogP contribution in [0.3, 0.4) is 0 Å². The van der Waals surface area contributed by atoms with Gasteiger partial charge in [-0.05, 0) is 23.8 Å². The molecule has 4 rings (SSSR count). The molecule has 2 N–H and O–H groups in total. The first-order chi connectivity index (χ1) is 12.8. The van der Waals surface area contributed by atoms with E-state index in [1.54, 1.807) is 35.5 Å². The first-order valence-corrected chi connectivity index (χ1v) is 8.26. The summed E-state index contributed by atoms with van der Waals surface area (Å²) in [6.07, 6.45) is 6.92. The van der Waals surface area contributed by atoms with Crippen LogP contribution in [-0.4, -0.2) is 25.7 Å². The number of rotatable bonds is 5. The highest BCUT2D eigenvalue weighted by Gasteiger charge is 2.23. The highest BCUT2D eigenvalue weighted by Crippen LogP contribution is 2.23. The molecule has 0 aliphatic rings. The number of nitrogens with zero attached hydrogens (tertiary/aromatic N) is 3. The third-order valence-corrected chi connectivity index (χ3v) is 4.05. The molecule has 0 aliphatic carbocycles. The monoisotopic (exact) mass is 343 g/mol. The van der Waals surface area contributed by atoms with E-state index in [1.807, 2.05) is 54.6 Å². The van der Waals surface area contributed by atoms with Gasteiger partial charge in [0.2, 0.25) is 0 Å². The number of amides is 1. The minimum atomic E-state index is -0.543. The van der Waals surface area contributed by atoms with Crippen molar-refractivity contribution in [1.29, 1.82) is 0 Å². The van der Waals surface area contributed by atoms with E-state index < -0.39 is 6.04 Å². The maximum Gasteiger partial charge on any atom is 0.253 e. The van der Waals surface area contributed by atoms with Crippen LogP contribution in [0, 0.1) is 0 Å². The standard InChI is InChI=1S/C20H17N5O/c26-20(18(25-13-5-10-23-25)15-6-2-1-3-7-15)24-17-9-4-8-16(14-17)19-21-11-12-22-19/h1-14,18H,(H,21,22)(H,24,26). The van der Waals surface area contributed by atoms with E-state index in [9.17, 15) is 4.79 Å². The summed E-state index contributed by atoms with van der Waals surface area (Å²) in [4.78, 5) is 20.3. The van der Waals surface area contributed by atoms with E-state index in [2.05, 4.69) is 20.4 Å². The predicted molar refractivity (Wildman–Crippen MR) is 99.5 cm³/mol. The molecule has 6 heteroatoms. The van der Waals surface area contributed by atoms with Crippen LogP contribution < -0.4 is 5.32 Å². The molecule has 2 aromatic carbocycles. The van der Waals surface area contributed by atoms with Gasteiger partial charge in [-0.3, -0.25) is 9.48 Å². The van der Waals surface area contributed by atoms with E-state index in [1.165, 1.54) is 0 Å². The summed E-state index contributed by atoms with van der Waals surface area (Å²) in [5.41, 5.74) is 2.48. The van der Waals surface area contributed by atoms with E-state index in [0.717, 1.165) is 17.0 Å². The van der Waals surface area contributed by atoms with Crippen LogP contribution in [0.25, 0.3) is 11.4 Å². The molecule has 2 aromatic heterocycles. The summed E-state index contributed by atoms with van der Waals surface area (Å²) in [6.45, 7) is 0. The fraction of sp³-hybridized carbons (Fsp3) is 0.0500. The Bertz CT molecular complexity index is 978. The number of aromatic amines is 1. The number of aromatic nitrogens is 4. The first kappa shape index (κ1) is 15.8. The number of anilines is 1. The van der Waals surface area contributed by atoms with Crippen LogP contribution in [0.2, 0.25) is 0 Å². The molecule has 0 radical (unpaired) electrons. The largest absolute Gasteiger partial charge is 0.345 e. The van der Waals surface area contributed by atoms with Gasteiger partial charge in [0.1, 0.15) is 5.82 Å². The van der Waals surface area contributed by atoms with Gasteiger partial charge in [-0.15, -0.1) is 0 Å². The van der Waals surface area contributed by atoms with Crippen LogP contribution in [0.5, 0.6) is 0 Å². The molecular formula is C20H17N5O. The van der Waals surface area contributed by atoms with Gasteiger partial charge < -0.3 is 10.3 Å². The molecule has 2 heterocycles. The zero-order valence-electron chi connectivity index (χ0n) is 13.9. The molecule has 0 saturated carbocycles. The lowest BCUT2D eigenvalue weighted by Gasteiger charge is -2.18. The van der Waals surface area contributed by atoms with Crippen molar-refractivity contribution in [2.45, 2.75) is 6.04 Å². The number of carbonyl (C=O) groups is 1. The smallest absolute Gasteiger partial charge is 0.253 e. The first-order valence-electron chi connectivity index (χ1n) is 8.26. The average Bonchev–Trinajstić information content (AvgIpc) is 3.37. The van der Waals surface area contributed by atoms with Gasteiger partial charge in [-0.2, -0.15) is 5.10 Å². The molecular weight excluding hydrogens is 326 g/mol. The third kappa shape index (κ3) is 3.25. The maximum absolute atomic E-state index is 13.0. The van der Waals surface area contributed by atoms with Gasteiger partial charge in [0, 0.05) is 36.0 Å². The molecule has 1 atom stereocenters. The van der Waals surface area contributed by atoms with Crippen molar-refractivity contribution in [2.75, 3.05) is 5.32 Å². The van der Waals surface area contributed by atoms with Crippen molar-refractivity contribution in [3.8, 4) is 11.4 Å². The minimum absolute atomic E-state index is 0.156. The Balaban J connectivity index is 1.62. The number of hydrogen-bond donors (Lipinski definition) is 2. The SMILES string of the molecule is O=C(Nc1cccc(-c2ncc[nH]2)c1)C(c1ccccc1)n1cccn1. The quantitative estimate of drug-likeness (QED) is 0.582. The zero-order chi connectivity index (χ0) is 17.8. The van der Waals surface area contributed by atoms with Gasteiger partial charge in [0.25, 0.3) is 5.91 Å². The summed E-state index contributed by atoms with van der Waals surface area (Å²) in [6, 6.07) is 18.4. The molecule has 128 valence electrons. The lowest BCUT2D eigenvalue weighted by molar-refractivity contribution is -0.118. The molecule has 0 saturated heterocycles. The molecule has 0 fully saturated rings. The van der Waals surface area contributed by atoms with Gasteiger partial charge >= 0.3 is 0 Å². The Morgan fingerprint density at radius 1 is 1.04 bits per heavy atom. The number of carbonyl (C=O) groups excluding carboxylic acids is 1. The molecule has 0 spiro atoms. The van der Waals surface area contributed by atoms with Crippen LogP contribution in [0.1, 0.15) is 11.6 Å². The summed E-state index contributed by atoms with van der Waals surface area (Å²) >= 11 is 0. The van der Waals surface area contributed by atoms with Crippen molar-refractivity contribution >= 4 is 11.6 Å². The van der Waals surface area contributed by atoms with Gasteiger partial charge in [0.15, 0.2) is 6.04 Å². The van der Waals surface area contributed by atoms with Gasteiger partial charge in [-0.1, -0.05) is 42.5 Å². The summed E-state index contributed by atoms with van der Waals surface area (Å²) < 4.78 is 1.65. The second-order valence-electron chi connectivity index (χ2n) is 5.81. The second kappa shape index (κ2) is 7.06. The summed E-state index contributed by atoms with van der Waals surface area (Å²) in [7, 11) is 0. The average molecular weight is 343 g/mol. The van der Waals surface area contributed by atoms with Crippen molar-refractivity contribution in [1.82, 2.24) is 19.7 Å². The fourth-order valence-electron chi connectivity index (χ4n) is 2.87. The van der Waals surface area contributed by atoms with E-state index in [4.69, 9.17) is 0 Å². The van der Waals surface area contributed by atoms with Crippen molar-refractivity contribution in [3.63, 3.8) is 0 Å². The van der Waals surface area contributed by atoms with E-state index in [-0.39, 0.29) is 5.91 Å². The highest BCUT2D eigenvalue weighted by atomic mass is 16.2. The van der Waals surface area contributed by atoms with Crippen molar-refractivity contribution in [3.05, 3.63) is 91.0 Å². The maximum atomic E-state index is 13.0. The number of benzene rings is 2. The highest BCUT2D eigenvalue weighted by molar-refractivity contribution is 5.96. The summed E-state index contributed by atoms with van der Waals surface area (Å²) in [5, 5.41) is 7.24. The molecule has 0 bridgehead atoms. The Morgan fingerprint density at radius 3 is 2.65 bits per heavy atom. The predicted octanol–water partition coefficient (Wildman–Crippen LogP) is 3.50. The van der Waals surface area contributed by atoms with Crippen LogP contribution in [0.4, 0.5) is 5.69 Å². The second-order valence-corrected chi connectivity index (χ2v) is 5.81. The lowest BCUT2D eigenvalue weighted by Crippen LogP contribution is -2.27. The topological polar surface area (TPSA) is 75.6 Å².